The van der Waals surface area contributed by atoms with E-state index in [2.05, 4.69) is 52.8 Å². The summed E-state index contributed by atoms with van der Waals surface area (Å²) in [7, 11) is 0. The van der Waals surface area contributed by atoms with E-state index in [0.29, 0.717) is 79.0 Å². The second-order valence-corrected chi connectivity index (χ2v) is 18.5. The second-order valence-electron chi connectivity index (χ2n) is 18.5. The summed E-state index contributed by atoms with van der Waals surface area (Å²) >= 11 is 0. The minimum atomic E-state index is -0.855. The van der Waals surface area contributed by atoms with Gasteiger partial charge in [0.1, 0.15) is 36.7 Å². The van der Waals surface area contributed by atoms with Crippen molar-refractivity contribution in [2.45, 2.75) is 83.3 Å². The average Bonchev–Trinajstić information content (AvgIpc) is 3.80. The SMILES string of the molecule is Cc1c(-c2cc3cc(Nc4cc5n(n4)CC(=O)N(C4CCN(CC6CCN(c7ccc8c(c7)CN(C7CCC(=O)NC7=O)C8O)CC6)CC4)CC5)ncc3cc2F)cnc2c1NCCO2. The fraction of sp³-hybridized carbons (Fsp3) is 0.458. The largest absolute Gasteiger partial charge is 0.474 e. The molecule has 16 nitrogen and oxygen atoms in total. The van der Waals surface area contributed by atoms with Crippen molar-refractivity contribution in [3.05, 3.63) is 83.1 Å². The summed E-state index contributed by atoms with van der Waals surface area (Å²) in [5.41, 5.74) is 6.84. The quantitative estimate of drug-likeness (QED) is 0.156. The van der Waals surface area contributed by atoms with Crippen molar-refractivity contribution in [1.29, 1.82) is 0 Å². The van der Waals surface area contributed by atoms with E-state index in [4.69, 9.17) is 9.84 Å². The predicted octanol–water partition coefficient (Wildman–Crippen LogP) is 4.87. The number of aliphatic hydroxyl groups excluding tert-OH is 1. The number of nitrogens with zero attached hydrogens (tertiary/aromatic N) is 8. The number of ether oxygens (including phenoxy) is 1. The maximum atomic E-state index is 15.5. The van der Waals surface area contributed by atoms with Crippen LogP contribution >= 0.6 is 0 Å². The number of fused-ring (bicyclic) bond motifs is 4. The number of amides is 3. The molecule has 5 aromatic rings. The average molecular weight is 884 g/mol. The highest BCUT2D eigenvalue weighted by atomic mass is 19.1. The molecule has 0 spiro atoms. The van der Waals surface area contributed by atoms with E-state index in [1.807, 2.05) is 35.9 Å². The Morgan fingerprint density at radius 3 is 2.55 bits per heavy atom. The molecular weight excluding hydrogens is 830 g/mol. The van der Waals surface area contributed by atoms with Crippen LogP contribution in [0.2, 0.25) is 0 Å². The Kier molecular flexibility index (Phi) is 10.9. The molecule has 3 aromatic heterocycles. The number of anilines is 4. The van der Waals surface area contributed by atoms with Crippen molar-refractivity contribution in [2.24, 2.45) is 5.92 Å². The number of nitrogens with one attached hydrogen (secondary N) is 3. The smallest absolute Gasteiger partial charge is 0.244 e. The van der Waals surface area contributed by atoms with Gasteiger partial charge in [-0.05, 0) is 91.8 Å². The summed E-state index contributed by atoms with van der Waals surface area (Å²) in [6.45, 7) is 9.45. The van der Waals surface area contributed by atoms with E-state index in [9.17, 15) is 19.5 Å². The van der Waals surface area contributed by atoms with Crippen LogP contribution in [0.1, 0.15) is 67.1 Å². The molecule has 0 bridgehead atoms. The van der Waals surface area contributed by atoms with Crippen LogP contribution in [0.25, 0.3) is 21.9 Å². The van der Waals surface area contributed by atoms with Gasteiger partial charge >= 0.3 is 0 Å². The fourth-order valence-corrected chi connectivity index (χ4v) is 11.0. The molecule has 2 aromatic carbocycles. The van der Waals surface area contributed by atoms with Crippen LogP contribution in [-0.4, -0.2) is 122 Å². The number of aromatic nitrogens is 4. The molecule has 3 saturated heterocycles. The summed E-state index contributed by atoms with van der Waals surface area (Å²) in [6.07, 6.45) is 8.02. The third kappa shape index (κ3) is 8.03. The van der Waals surface area contributed by atoms with Crippen LogP contribution < -0.4 is 25.6 Å². The van der Waals surface area contributed by atoms with Gasteiger partial charge in [-0.25, -0.2) is 14.4 Å². The summed E-state index contributed by atoms with van der Waals surface area (Å²) in [6, 6.07) is 13.2. The maximum Gasteiger partial charge on any atom is 0.244 e. The number of carbonyl (C=O) groups is 3. The highest BCUT2D eigenvalue weighted by Gasteiger charge is 2.40. The van der Waals surface area contributed by atoms with Gasteiger partial charge in [-0.3, -0.25) is 29.3 Å². The van der Waals surface area contributed by atoms with E-state index < -0.39 is 12.3 Å². The number of pyridine rings is 2. The van der Waals surface area contributed by atoms with Crippen molar-refractivity contribution >= 4 is 51.5 Å². The molecule has 9 heterocycles. The first-order valence-corrected chi connectivity index (χ1v) is 23.1. The van der Waals surface area contributed by atoms with Crippen molar-refractivity contribution in [1.82, 2.24) is 39.8 Å². The number of piperidine rings is 3. The van der Waals surface area contributed by atoms with Gasteiger partial charge in [0.25, 0.3) is 0 Å². The minimum Gasteiger partial charge on any atom is -0.474 e. The lowest BCUT2D eigenvalue weighted by Gasteiger charge is -2.41. The van der Waals surface area contributed by atoms with Gasteiger partial charge in [-0.15, -0.1) is 0 Å². The van der Waals surface area contributed by atoms with E-state index in [1.54, 1.807) is 17.3 Å². The van der Waals surface area contributed by atoms with E-state index in [-0.39, 0.29) is 42.5 Å². The number of rotatable bonds is 8. The van der Waals surface area contributed by atoms with Crippen LogP contribution in [0, 0.1) is 18.7 Å². The zero-order chi connectivity index (χ0) is 44.3. The Morgan fingerprint density at radius 1 is 0.877 bits per heavy atom. The van der Waals surface area contributed by atoms with Gasteiger partial charge in [0.05, 0.1) is 6.04 Å². The number of likely N-dealkylation sites (tertiary alicyclic amines) is 1. The Balaban J connectivity index is 0.659. The van der Waals surface area contributed by atoms with Crippen molar-refractivity contribution in [3.63, 3.8) is 0 Å². The third-order valence-electron chi connectivity index (χ3n) is 14.6. The molecule has 3 amide bonds. The number of aliphatic hydroxyl groups is 1. The lowest BCUT2D eigenvalue weighted by molar-refractivity contribution is -0.142. The highest BCUT2D eigenvalue weighted by molar-refractivity contribution is 6.00. The molecule has 4 N–H and O–H groups in total. The Morgan fingerprint density at radius 2 is 1.72 bits per heavy atom. The number of halogens is 1. The number of hydrogen-bond acceptors (Lipinski definition) is 13. The molecule has 0 aliphatic carbocycles. The monoisotopic (exact) mass is 883 g/mol. The molecule has 2 atom stereocenters. The summed E-state index contributed by atoms with van der Waals surface area (Å²) in [5.74, 6) is 1.50. The first-order valence-electron chi connectivity index (χ1n) is 23.1. The number of imide groups is 1. The van der Waals surface area contributed by atoms with Gasteiger partial charge in [-0.2, -0.15) is 5.10 Å². The van der Waals surface area contributed by atoms with Gasteiger partial charge in [0.15, 0.2) is 5.82 Å². The molecule has 6 aliphatic heterocycles. The first-order chi connectivity index (χ1) is 31.6. The molecule has 0 radical (unpaired) electrons. The molecule has 6 aliphatic rings. The fourth-order valence-electron chi connectivity index (χ4n) is 11.0. The van der Waals surface area contributed by atoms with Gasteiger partial charge in [0.2, 0.25) is 23.6 Å². The summed E-state index contributed by atoms with van der Waals surface area (Å²) in [4.78, 5) is 55.8. The molecule has 3 fully saturated rings. The van der Waals surface area contributed by atoms with Crippen LogP contribution in [0.5, 0.6) is 5.88 Å². The van der Waals surface area contributed by atoms with Crippen molar-refractivity contribution < 1.29 is 28.6 Å². The zero-order valence-electron chi connectivity index (χ0n) is 36.6. The minimum absolute atomic E-state index is 0.0982. The molecule has 0 saturated carbocycles. The van der Waals surface area contributed by atoms with Crippen LogP contribution in [-0.2, 0) is 33.9 Å². The highest BCUT2D eigenvalue weighted by Crippen LogP contribution is 2.40. The number of carbonyl (C=O) groups excluding carboxylic acids is 3. The van der Waals surface area contributed by atoms with Gasteiger partial charge in [-0.1, -0.05) is 6.07 Å². The Hall–Kier alpha value is -6.17. The van der Waals surface area contributed by atoms with E-state index >= 15 is 4.39 Å². The maximum absolute atomic E-state index is 15.5. The lowest BCUT2D eigenvalue weighted by atomic mass is 9.94. The second kappa shape index (κ2) is 17.0. The summed E-state index contributed by atoms with van der Waals surface area (Å²) < 4.78 is 23.0. The van der Waals surface area contributed by atoms with E-state index in [1.165, 1.54) is 6.07 Å². The molecule has 2 unspecified atom stereocenters. The normalized spacial score (nSPS) is 22.2. The van der Waals surface area contributed by atoms with Crippen molar-refractivity contribution in [3.8, 4) is 17.0 Å². The molecule has 11 rings (SSSR count). The van der Waals surface area contributed by atoms with Gasteiger partial charge < -0.3 is 35.2 Å². The molecule has 65 heavy (non-hydrogen) atoms. The van der Waals surface area contributed by atoms with Crippen molar-refractivity contribution in [2.75, 3.05) is 68.0 Å². The summed E-state index contributed by atoms with van der Waals surface area (Å²) in [5, 5.41) is 26.4. The van der Waals surface area contributed by atoms with Crippen LogP contribution in [0.15, 0.2) is 54.9 Å². The predicted molar refractivity (Wildman–Crippen MR) is 242 cm³/mol. The van der Waals surface area contributed by atoms with Gasteiger partial charge in [0, 0.05) is 123 Å². The lowest BCUT2D eigenvalue weighted by Crippen LogP contribution is -2.51. The molecule has 338 valence electrons. The first kappa shape index (κ1) is 41.5. The molecular formula is C48H54FN11O5. The zero-order valence-corrected chi connectivity index (χ0v) is 36.6. The third-order valence-corrected chi connectivity index (χ3v) is 14.6. The number of hydrogen-bond donors (Lipinski definition) is 4. The standard InChI is InChI=1S/C48H54FN11O5/c1-28-38(24-52-47-45(28)50-11-17-65-47)37-19-30-21-41(51-23-31(30)20-39(37)49)53-42-22-35-10-16-58(44(62)27-60(35)55-42)33-8-12-56(13-9-33)25-29-6-14-57(15-7-29)34-2-3-36-32(18-34)26-59(48(36)64)40-4-5-43(61)54-46(40)63/h2-3,18-24,29,33,40,48,50,64H,4-17,25-27H2,1H3,(H,51,53,55)(H,54,61,63). The van der Waals surface area contributed by atoms with Crippen LogP contribution in [0.3, 0.4) is 0 Å². The topological polar surface area (TPSA) is 173 Å². The van der Waals surface area contributed by atoms with E-state index in [0.717, 1.165) is 97.6 Å². The molecule has 17 heteroatoms. The number of benzene rings is 2. The Bertz CT molecular complexity index is 2690. The van der Waals surface area contributed by atoms with Crippen LogP contribution in [0.4, 0.5) is 27.4 Å². The Labute approximate surface area is 376 Å².